The van der Waals surface area contributed by atoms with Crippen LogP contribution < -0.4 is 10.6 Å². The van der Waals surface area contributed by atoms with E-state index in [0.29, 0.717) is 12.5 Å². The fraction of sp³-hybridized carbons (Fsp3) is 0.625. The predicted molar refractivity (Wildman–Crippen MR) is 80.2 cm³/mol. The number of hydrogen-bond acceptors (Lipinski definition) is 3. The molecule has 1 aromatic rings. The van der Waals surface area contributed by atoms with Gasteiger partial charge in [0.25, 0.3) is 0 Å². The van der Waals surface area contributed by atoms with Crippen LogP contribution in [0.1, 0.15) is 38.4 Å². The van der Waals surface area contributed by atoms with Gasteiger partial charge >= 0.3 is 0 Å². The van der Waals surface area contributed by atoms with Crippen molar-refractivity contribution in [2.75, 3.05) is 13.1 Å². The highest BCUT2D eigenvalue weighted by atomic mass is 16.2. The fourth-order valence-electron chi connectivity index (χ4n) is 2.95. The number of carbonyl (C=O) groups excluding carboxylic acids is 1. The third-order valence-electron chi connectivity index (χ3n) is 4.53. The molecule has 2 rings (SSSR count). The topological polar surface area (TPSA) is 54.0 Å². The third-order valence-corrected chi connectivity index (χ3v) is 4.53. The van der Waals surface area contributed by atoms with Crippen LogP contribution in [0.5, 0.6) is 0 Å². The lowest BCUT2D eigenvalue weighted by Gasteiger charge is -2.31. The number of nitrogens with one attached hydrogen (secondary N) is 2. The van der Waals surface area contributed by atoms with Gasteiger partial charge in [0.15, 0.2) is 0 Å². The number of nitrogens with zero attached hydrogens (tertiary/aromatic N) is 1. The second-order valence-corrected chi connectivity index (χ2v) is 5.88. The summed E-state index contributed by atoms with van der Waals surface area (Å²) in [6.45, 7) is 8.60. The lowest BCUT2D eigenvalue weighted by Crippen LogP contribution is -2.45. The normalized spacial score (nSPS) is 22.2. The van der Waals surface area contributed by atoms with E-state index in [-0.39, 0.29) is 11.3 Å². The number of aromatic nitrogens is 1. The van der Waals surface area contributed by atoms with Gasteiger partial charge in [-0.3, -0.25) is 9.78 Å². The van der Waals surface area contributed by atoms with E-state index >= 15 is 0 Å². The molecule has 2 heterocycles. The van der Waals surface area contributed by atoms with Gasteiger partial charge in [0.2, 0.25) is 5.91 Å². The summed E-state index contributed by atoms with van der Waals surface area (Å²) in [6.07, 6.45) is 3.64. The van der Waals surface area contributed by atoms with Crippen LogP contribution in [0.15, 0.2) is 18.3 Å². The second kappa shape index (κ2) is 6.35. The number of pyridine rings is 1. The van der Waals surface area contributed by atoms with Gasteiger partial charge < -0.3 is 10.6 Å². The number of aryl methyl sites for hydroxylation is 1. The van der Waals surface area contributed by atoms with E-state index in [1.807, 2.05) is 6.07 Å². The number of rotatable bonds is 5. The van der Waals surface area contributed by atoms with Crippen molar-refractivity contribution in [1.82, 2.24) is 15.6 Å². The number of hydrogen-bond donors (Lipinski definition) is 2. The maximum atomic E-state index is 12.6. The van der Waals surface area contributed by atoms with Crippen molar-refractivity contribution in [3.8, 4) is 0 Å². The Kier molecular flexibility index (Phi) is 4.76. The highest BCUT2D eigenvalue weighted by molar-refractivity contribution is 5.83. The first-order valence-corrected chi connectivity index (χ1v) is 7.52. The lowest BCUT2D eigenvalue weighted by molar-refractivity contribution is -0.132. The van der Waals surface area contributed by atoms with Crippen LogP contribution in [0, 0.1) is 11.3 Å². The maximum Gasteiger partial charge on any atom is 0.228 e. The van der Waals surface area contributed by atoms with Gasteiger partial charge in [-0.25, -0.2) is 0 Å². The molecule has 1 aliphatic rings. The SMILES string of the molecule is CCc1cccnc1CNC(=O)C1(C(C)C)CCNC1. The predicted octanol–water partition coefficient (Wildman–Crippen LogP) is 1.90. The van der Waals surface area contributed by atoms with Crippen molar-refractivity contribution in [1.29, 1.82) is 0 Å². The largest absolute Gasteiger partial charge is 0.350 e. The van der Waals surface area contributed by atoms with Gasteiger partial charge in [-0.2, -0.15) is 0 Å². The summed E-state index contributed by atoms with van der Waals surface area (Å²) in [7, 11) is 0. The Morgan fingerprint density at radius 2 is 2.35 bits per heavy atom. The Morgan fingerprint density at radius 3 is 2.95 bits per heavy atom. The molecule has 110 valence electrons. The molecule has 0 radical (unpaired) electrons. The van der Waals surface area contributed by atoms with Crippen LogP contribution in [-0.4, -0.2) is 24.0 Å². The summed E-state index contributed by atoms with van der Waals surface area (Å²) in [5.74, 6) is 0.497. The second-order valence-electron chi connectivity index (χ2n) is 5.88. The maximum absolute atomic E-state index is 12.6. The van der Waals surface area contributed by atoms with Crippen molar-refractivity contribution < 1.29 is 4.79 Å². The molecule has 2 N–H and O–H groups in total. The third kappa shape index (κ3) is 2.85. The Hall–Kier alpha value is -1.42. The van der Waals surface area contributed by atoms with Crippen molar-refractivity contribution in [2.45, 2.75) is 40.2 Å². The molecule has 1 atom stereocenters. The highest BCUT2D eigenvalue weighted by Crippen LogP contribution is 2.34. The van der Waals surface area contributed by atoms with E-state index in [4.69, 9.17) is 0 Å². The van der Waals surface area contributed by atoms with E-state index in [2.05, 4.69) is 42.5 Å². The van der Waals surface area contributed by atoms with Crippen molar-refractivity contribution >= 4 is 5.91 Å². The molecular formula is C16H25N3O. The first kappa shape index (κ1) is 15.0. The van der Waals surface area contributed by atoms with Crippen LogP contribution in [0.4, 0.5) is 0 Å². The molecule has 1 fully saturated rings. The highest BCUT2D eigenvalue weighted by Gasteiger charge is 2.43. The van der Waals surface area contributed by atoms with E-state index in [9.17, 15) is 4.79 Å². The van der Waals surface area contributed by atoms with Crippen molar-refractivity contribution in [3.05, 3.63) is 29.6 Å². The van der Waals surface area contributed by atoms with Crippen LogP contribution >= 0.6 is 0 Å². The van der Waals surface area contributed by atoms with Gasteiger partial charge in [0, 0.05) is 12.7 Å². The summed E-state index contributed by atoms with van der Waals surface area (Å²) in [6, 6.07) is 4.02. The molecule has 1 unspecified atom stereocenters. The summed E-state index contributed by atoms with van der Waals surface area (Å²) < 4.78 is 0. The summed E-state index contributed by atoms with van der Waals surface area (Å²) in [4.78, 5) is 17.0. The summed E-state index contributed by atoms with van der Waals surface area (Å²) >= 11 is 0. The molecule has 20 heavy (non-hydrogen) atoms. The van der Waals surface area contributed by atoms with Crippen LogP contribution in [-0.2, 0) is 17.8 Å². The molecule has 1 aromatic heterocycles. The summed E-state index contributed by atoms with van der Waals surface area (Å²) in [5.41, 5.74) is 1.92. The molecule has 1 saturated heterocycles. The Morgan fingerprint density at radius 1 is 1.55 bits per heavy atom. The Bertz CT molecular complexity index is 465. The van der Waals surface area contributed by atoms with Gasteiger partial charge in [0.1, 0.15) is 0 Å². The van der Waals surface area contributed by atoms with E-state index in [0.717, 1.165) is 31.6 Å². The van der Waals surface area contributed by atoms with Crippen LogP contribution in [0.3, 0.4) is 0 Å². The summed E-state index contributed by atoms with van der Waals surface area (Å²) in [5, 5.41) is 6.42. The molecule has 0 aliphatic carbocycles. The average molecular weight is 275 g/mol. The quantitative estimate of drug-likeness (QED) is 0.863. The molecular weight excluding hydrogens is 250 g/mol. The molecule has 0 bridgehead atoms. The minimum atomic E-state index is -0.263. The Balaban J connectivity index is 2.04. The molecule has 4 heteroatoms. The number of carbonyl (C=O) groups is 1. The van der Waals surface area contributed by atoms with Crippen molar-refractivity contribution in [2.24, 2.45) is 11.3 Å². The Labute approximate surface area is 121 Å². The minimum absolute atomic E-state index is 0.158. The van der Waals surface area contributed by atoms with Crippen LogP contribution in [0.2, 0.25) is 0 Å². The van der Waals surface area contributed by atoms with Gasteiger partial charge in [-0.15, -0.1) is 0 Å². The zero-order valence-electron chi connectivity index (χ0n) is 12.7. The smallest absolute Gasteiger partial charge is 0.228 e. The van der Waals surface area contributed by atoms with Crippen molar-refractivity contribution in [3.63, 3.8) is 0 Å². The van der Waals surface area contributed by atoms with Crippen LogP contribution in [0.25, 0.3) is 0 Å². The first-order valence-electron chi connectivity index (χ1n) is 7.52. The fourth-order valence-corrected chi connectivity index (χ4v) is 2.95. The molecule has 1 aliphatic heterocycles. The molecule has 1 amide bonds. The first-order chi connectivity index (χ1) is 9.60. The average Bonchev–Trinajstić information content (AvgIpc) is 2.96. The van der Waals surface area contributed by atoms with Gasteiger partial charge in [0.05, 0.1) is 17.7 Å². The molecule has 4 nitrogen and oxygen atoms in total. The molecule has 0 saturated carbocycles. The monoisotopic (exact) mass is 275 g/mol. The van der Waals surface area contributed by atoms with E-state index in [1.54, 1.807) is 6.20 Å². The standard InChI is InChI=1S/C16H25N3O/c1-4-13-6-5-8-18-14(13)10-19-15(20)16(12(2)3)7-9-17-11-16/h5-6,8,12,17H,4,7,9-11H2,1-3H3,(H,19,20). The zero-order valence-corrected chi connectivity index (χ0v) is 12.7. The minimum Gasteiger partial charge on any atom is -0.350 e. The lowest BCUT2D eigenvalue weighted by atomic mass is 9.75. The van der Waals surface area contributed by atoms with Gasteiger partial charge in [-0.05, 0) is 36.9 Å². The molecule has 0 spiro atoms. The van der Waals surface area contributed by atoms with Gasteiger partial charge in [-0.1, -0.05) is 26.8 Å². The van der Waals surface area contributed by atoms with E-state index in [1.165, 1.54) is 5.56 Å². The zero-order chi connectivity index (χ0) is 14.6. The molecule has 0 aromatic carbocycles. The number of amides is 1. The van der Waals surface area contributed by atoms with E-state index < -0.39 is 0 Å².